The number of allylic oxidation sites excluding steroid dienone is 1. The molecule has 0 radical (unpaired) electrons. The fraction of sp³-hybridized carbons (Fsp3) is 0.333. The molecule has 1 aromatic heterocycles. The molecule has 0 saturated heterocycles. The molecule has 0 amide bonds. The molecule has 0 unspecified atom stereocenters. The van der Waals surface area contributed by atoms with E-state index in [0.29, 0.717) is 5.82 Å². The Bertz CT molecular complexity index is 403. The van der Waals surface area contributed by atoms with E-state index in [1.165, 1.54) is 5.57 Å². The zero-order valence-electron chi connectivity index (χ0n) is 7.75. The highest BCUT2D eigenvalue weighted by Crippen LogP contribution is 2.34. The first-order valence-corrected chi connectivity index (χ1v) is 5.63. The summed E-state index contributed by atoms with van der Waals surface area (Å²) in [6, 6.07) is 0. The zero-order valence-corrected chi connectivity index (χ0v) is 9.32. The lowest BCUT2D eigenvalue weighted by Crippen LogP contribution is -2.06. The molecule has 1 aromatic rings. The number of rotatable bonds is 1. The van der Waals surface area contributed by atoms with Crippen LogP contribution in [0.3, 0.4) is 0 Å². The van der Waals surface area contributed by atoms with Crippen LogP contribution in [0, 0.1) is 0 Å². The summed E-state index contributed by atoms with van der Waals surface area (Å²) in [5.41, 5.74) is 8.16. The van der Waals surface area contributed by atoms with Crippen molar-refractivity contribution in [3.8, 4) is 0 Å². The highest BCUT2D eigenvalue weighted by atomic mass is 35.5. The van der Waals surface area contributed by atoms with E-state index < -0.39 is 0 Å². The lowest BCUT2D eigenvalue weighted by atomic mass is 10.1. The Morgan fingerprint density at radius 2 is 2.36 bits per heavy atom. The minimum Gasteiger partial charge on any atom is -0.383 e. The number of hydrogen-bond acceptors (Lipinski definition) is 4. The second-order valence-electron chi connectivity index (χ2n) is 3.09. The van der Waals surface area contributed by atoms with Gasteiger partial charge in [-0.1, -0.05) is 24.3 Å². The number of nitrogens with two attached hydrogens (primary N) is 1. The maximum absolute atomic E-state index is 5.78. The third-order valence-corrected chi connectivity index (χ3v) is 3.35. The maximum atomic E-state index is 5.78. The van der Waals surface area contributed by atoms with E-state index in [1.54, 1.807) is 11.8 Å². The van der Waals surface area contributed by atoms with E-state index in [0.717, 1.165) is 23.4 Å². The van der Waals surface area contributed by atoms with Crippen LogP contribution < -0.4 is 5.73 Å². The van der Waals surface area contributed by atoms with E-state index >= 15 is 0 Å². The third kappa shape index (κ3) is 1.72. The van der Waals surface area contributed by atoms with Crippen LogP contribution in [0.5, 0.6) is 0 Å². The largest absolute Gasteiger partial charge is 0.383 e. The van der Waals surface area contributed by atoms with Crippen LogP contribution in [0.15, 0.2) is 16.0 Å². The highest BCUT2D eigenvalue weighted by Gasteiger charge is 2.16. The van der Waals surface area contributed by atoms with Crippen molar-refractivity contribution in [2.45, 2.75) is 24.8 Å². The number of aromatic nitrogens is 2. The lowest BCUT2D eigenvalue weighted by molar-refractivity contribution is 0.921. The van der Waals surface area contributed by atoms with Crippen LogP contribution >= 0.6 is 23.4 Å². The molecule has 0 aromatic carbocycles. The molecule has 0 saturated carbocycles. The third-order valence-electron chi connectivity index (χ3n) is 2.17. The van der Waals surface area contributed by atoms with Gasteiger partial charge in [-0.15, -0.1) is 0 Å². The number of nitrogen functional groups attached to an aromatic ring is 1. The summed E-state index contributed by atoms with van der Waals surface area (Å²) >= 11 is 7.29. The van der Waals surface area contributed by atoms with Gasteiger partial charge in [0.25, 0.3) is 0 Å². The predicted octanol–water partition coefficient (Wildman–Crippen LogP) is 2.65. The van der Waals surface area contributed by atoms with Crippen molar-refractivity contribution in [2.24, 2.45) is 0 Å². The smallest absolute Gasteiger partial charge is 0.225 e. The Hall–Kier alpha value is -0.740. The van der Waals surface area contributed by atoms with Crippen molar-refractivity contribution in [3.05, 3.63) is 21.8 Å². The van der Waals surface area contributed by atoms with Gasteiger partial charge in [-0.3, -0.25) is 0 Å². The number of fused-ring (bicyclic) bond motifs is 1. The quantitative estimate of drug-likeness (QED) is 0.592. The molecule has 2 rings (SSSR count). The average Bonchev–Trinajstić information content (AvgIpc) is 2.17. The molecular weight excluding hydrogens is 218 g/mol. The van der Waals surface area contributed by atoms with Gasteiger partial charge in [0.1, 0.15) is 10.8 Å². The molecule has 0 spiro atoms. The number of thioether (sulfide) groups is 1. The summed E-state index contributed by atoms with van der Waals surface area (Å²) in [5, 5.41) is 3.23. The van der Waals surface area contributed by atoms with E-state index in [1.807, 2.05) is 0 Å². The van der Waals surface area contributed by atoms with E-state index in [2.05, 4.69) is 22.3 Å². The summed E-state index contributed by atoms with van der Waals surface area (Å²) in [6.07, 6.45) is 1.89. The van der Waals surface area contributed by atoms with Crippen LogP contribution in [0.4, 0.5) is 5.82 Å². The Morgan fingerprint density at radius 1 is 1.57 bits per heavy atom. The van der Waals surface area contributed by atoms with Gasteiger partial charge in [0.2, 0.25) is 5.28 Å². The monoisotopic (exact) mass is 227 g/mol. The van der Waals surface area contributed by atoms with E-state index in [-0.39, 0.29) is 5.28 Å². The summed E-state index contributed by atoms with van der Waals surface area (Å²) in [7, 11) is 0. The van der Waals surface area contributed by atoms with Gasteiger partial charge in [0.05, 0.1) is 0 Å². The topological polar surface area (TPSA) is 51.8 Å². The summed E-state index contributed by atoms with van der Waals surface area (Å²) in [4.78, 5) is 8.08. The molecule has 0 bridgehead atoms. The molecule has 14 heavy (non-hydrogen) atoms. The summed E-state index contributed by atoms with van der Waals surface area (Å²) in [6.45, 7) is 2.13. The van der Waals surface area contributed by atoms with Gasteiger partial charge >= 0.3 is 0 Å². The van der Waals surface area contributed by atoms with Crippen molar-refractivity contribution in [1.29, 1.82) is 0 Å². The number of nitrogens with zero attached hydrogens (tertiary/aromatic N) is 2. The Morgan fingerprint density at radius 3 is 3.07 bits per heavy atom. The number of anilines is 1. The fourth-order valence-corrected chi connectivity index (χ4v) is 2.54. The molecule has 0 fully saturated rings. The van der Waals surface area contributed by atoms with Crippen LogP contribution in [0.1, 0.15) is 18.9 Å². The van der Waals surface area contributed by atoms with Crippen molar-refractivity contribution < 1.29 is 0 Å². The average molecular weight is 228 g/mol. The van der Waals surface area contributed by atoms with Crippen molar-refractivity contribution in [3.63, 3.8) is 0 Å². The van der Waals surface area contributed by atoms with Crippen molar-refractivity contribution in [2.75, 3.05) is 5.73 Å². The predicted molar refractivity (Wildman–Crippen MR) is 59.4 cm³/mol. The normalized spacial score (nSPS) is 14.9. The first-order chi connectivity index (χ1) is 6.70. The van der Waals surface area contributed by atoms with Crippen molar-refractivity contribution in [1.82, 2.24) is 9.97 Å². The van der Waals surface area contributed by atoms with Gasteiger partial charge in [0.15, 0.2) is 0 Å². The number of halogens is 1. The molecule has 2 heterocycles. The van der Waals surface area contributed by atoms with Gasteiger partial charge in [-0.25, -0.2) is 9.97 Å². The van der Waals surface area contributed by atoms with Gasteiger partial charge in [-0.05, 0) is 23.4 Å². The summed E-state index contributed by atoms with van der Waals surface area (Å²) < 4.78 is 0. The first kappa shape index (κ1) is 9.80. The molecular formula is C9H10ClN3S. The summed E-state index contributed by atoms with van der Waals surface area (Å²) in [5.74, 6) is 0.506. The molecule has 1 aliphatic heterocycles. The van der Waals surface area contributed by atoms with Gasteiger partial charge < -0.3 is 5.73 Å². The Labute approximate surface area is 91.8 Å². The molecule has 74 valence electrons. The maximum Gasteiger partial charge on any atom is 0.225 e. The Kier molecular flexibility index (Phi) is 2.65. The molecule has 2 N–H and O–H groups in total. The van der Waals surface area contributed by atoms with Crippen LogP contribution in [0.25, 0.3) is 0 Å². The van der Waals surface area contributed by atoms with E-state index in [9.17, 15) is 0 Å². The van der Waals surface area contributed by atoms with E-state index in [4.69, 9.17) is 17.3 Å². The molecule has 1 aliphatic rings. The second-order valence-corrected chi connectivity index (χ2v) is 4.28. The minimum atomic E-state index is 0.224. The minimum absolute atomic E-state index is 0.224. The SMILES string of the molecule is CCC1=CSc2nc(Cl)nc(N)c2C1. The second kappa shape index (κ2) is 3.79. The van der Waals surface area contributed by atoms with Crippen LogP contribution in [-0.2, 0) is 6.42 Å². The molecule has 3 nitrogen and oxygen atoms in total. The number of hydrogen-bond donors (Lipinski definition) is 1. The fourth-order valence-electron chi connectivity index (χ4n) is 1.33. The van der Waals surface area contributed by atoms with Gasteiger partial charge in [0, 0.05) is 12.0 Å². The highest BCUT2D eigenvalue weighted by molar-refractivity contribution is 8.02. The molecule has 5 heteroatoms. The van der Waals surface area contributed by atoms with Crippen LogP contribution in [-0.4, -0.2) is 9.97 Å². The Balaban J connectivity index is 2.43. The first-order valence-electron chi connectivity index (χ1n) is 4.37. The van der Waals surface area contributed by atoms with Crippen molar-refractivity contribution >= 4 is 29.2 Å². The molecule has 0 aliphatic carbocycles. The molecule has 0 atom stereocenters. The zero-order chi connectivity index (χ0) is 10.1. The standard InChI is InChI=1S/C9H10ClN3S/c1-2-5-3-6-7(11)12-9(10)13-8(6)14-4-5/h4H,2-3H2,1H3,(H2,11,12,13). The van der Waals surface area contributed by atoms with Crippen LogP contribution in [0.2, 0.25) is 5.28 Å². The van der Waals surface area contributed by atoms with Gasteiger partial charge in [-0.2, -0.15) is 0 Å². The lowest BCUT2D eigenvalue weighted by Gasteiger charge is -2.15.